The lowest BCUT2D eigenvalue weighted by molar-refractivity contribution is -0.0269. The molecule has 0 heterocycles. The first kappa shape index (κ1) is 13.9. The van der Waals surface area contributed by atoms with Crippen LogP contribution in [-0.2, 0) is 4.74 Å². The Bertz CT molecular complexity index is 175. The number of aliphatic hydroxyl groups excluding tert-OH is 1. The van der Waals surface area contributed by atoms with Gasteiger partial charge in [-0.15, -0.1) is 0 Å². The van der Waals surface area contributed by atoms with E-state index in [1.807, 2.05) is 0 Å². The van der Waals surface area contributed by atoms with Gasteiger partial charge in [0.1, 0.15) is 0 Å². The molecule has 0 aliphatic heterocycles. The highest BCUT2D eigenvalue weighted by molar-refractivity contribution is 4.76. The second kappa shape index (κ2) is 8.04. The standard InChI is InChI=1S/C13H27NO2/c1-3-11-7-5-6-8-13(11)16-10-12(9-15)14-4-2/h11-15H,3-10H2,1-2H3. The van der Waals surface area contributed by atoms with Gasteiger partial charge in [0, 0.05) is 0 Å². The molecule has 0 saturated heterocycles. The Morgan fingerprint density at radius 3 is 2.69 bits per heavy atom. The molecule has 3 nitrogen and oxygen atoms in total. The molecule has 1 aliphatic carbocycles. The van der Waals surface area contributed by atoms with E-state index in [2.05, 4.69) is 19.2 Å². The molecule has 3 atom stereocenters. The van der Waals surface area contributed by atoms with Crippen molar-refractivity contribution in [3.63, 3.8) is 0 Å². The average molecular weight is 229 g/mol. The molecule has 2 N–H and O–H groups in total. The van der Waals surface area contributed by atoms with Crippen LogP contribution in [0, 0.1) is 5.92 Å². The minimum atomic E-state index is 0.101. The minimum absolute atomic E-state index is 0.101. The highest BCUT2D eigenvalue weighted by atomic mass is 16.5. The fourth-order valence-electron chi connectivity index (χ4n) is 2.56. The number of nitrogens with one attached hydrogen (secondary N) is 1. The molecule has 3 unspecified atom stereocenters. The molecule has 3 heteroatoms. The summed E-state index contributed by atoms with van der Waals surface area (Å²) in [4.78, 5) is 0. The molecule has 0 aromatic carbocycles. The van der Waals surface area contributed by atoms with Crippen molar-refractivity contribution in [2.45, 2.75) is 58.1 Å². The van der Waals surface area contributed by atoms with Crippen LogP contribution >= 0.6 is 0 Å². The average Bonchev–Trinajstić information content (AvgIpc) is 2.34. The Morgan fingerprint density at radius 1 is 1.31 bits per heavy atom. The zero-order valence-electron chi connectivity index (χ0n) is 10.7. The van der Waals surface area contributed by atoms with Gasteiger partial charge in [0.2, 0.25) is 0 Å². The Balaban J connectivity index is 2.28. The molecule has 0 spiro atoms. The molecule has 1 rings (SSSR count). The van der Waals surface area contributed by atoms with Crippen LogP contribution in [0.5, 0.6) is 0 Å². The molecule has 96 valence electrons. The highest BCUT2D eigenvalue weighted by Crippen LogP contribution is 2.29. The SMILES string of the molecule is CCNC(CO)COC1CCCCC1CC. The Hall–Kier alpha value is -0.120. The third kappa shape index (κ3) is 4.40. The van der Waals surface area contributed by atoms with Crippen molar-refractivity contribution in [1.82, 2.24) is 5.32 Å². The van der Waals surface area contributed by atoms with Gasteiger partial charge in [-0.1, -0.05) is 33.1 Å². The maximum absolute atomic E-state index is 9.17. The van der Waals surface area contributed by atoms with Gasteiger partial charge in [-0.3, -0.25) is 0 Å². The molecule has 16 heavy (non-hydrogen) atoms. The molecule has 1 fully saturated rings. The fourth-order valence-corrected chi connectivity index (χ4v) is 2.56. The summed E-state index contributed by atoms with van der Waals surface area (Å²) in [5, 5.41) is 12.4. The zero-order chi connectivity index (χ0) is 11.8. The van der Waals surface area contributed by atoms with Crippen LogP contribution in [0.2, 0.25) is 0 Å². The maximum Gasteiger partial charge on any atom is 0.0646 e. The number of hydrogen-bond donors (Lipinski definition) is 2. The molecule has 0 bridgehead atoms. The summed E-state index contributed by atoms with van der Waals surface area (Å²) in [6.07, 6.45) is 6.80. The maximum atomic E-state index is 9.17. The first-order valence-electron chi connectivity index (χ1n) is 6.77. The van der Waals surface area contributed by atoms with Crippen LogP contribution in [0.25, 0.3) is 0 Å². The number of aliphatic hydroxyl groups is 1. The Labute approximate surface area is 99.6 Å². The van der Waals surface area contributed by atoms with Gasteiger partial charge in [0.15, 0.2) is 0 Å². The smallest absolute Gasteiger partial charge is 0.0646 e. The number of rotatable bonds is 7. The van der Waals surface area contributed by atoms with Crippen molar-refractivity contribution in [3.8, 4) is 0 Å². The molecule has 0 radical (unpaired) electrons. The van der Waals surface area contributed by atoms with Crippen LogP contribution in [0.4, 0.5) is 0 Å². The predicted molar refractivity (Wildman–Crippen MR) is 66.5 cm³/mol. The first-order chi connectivity index (χ1) is 7.81. The van der Waals surface area contributed by atoms with E-state index >= 15 is 0 Å². The first-order valence-corrected chi connectivity index (χ1v) is 6.77. The van der Waals surface area contributed by atoms with E-state index in [1.165, 1.54) is 32.1 Å². The van der Waals surface area contributed by atoms with Crippen LogP contribution in [0.3, 0.4) is 0 Å². The van der Waals surface area contributed by atoms with Crippen molar-refractivity contribution >= 4 is 0 Å². The van der Waals surface area contributed by atoms with Crippen molar-refractivity contribution in [3.05, 3.63) is 0 Å². The Morgan fingerprint density at radius 2 is 2.06 bits per heavy atom. The van der Waals surface area contributed by atoms with Crippen LogP contribution in [0.15, 0.2) is 0 Å². The summed E-state index contributed by atoms with van der Waals surface area (Å²) in [7, 11) is 0. The number of hydrogen-bond acceptors (Lipinski definition) is 3. The monoisotopic (exact) mass is 229 g/mol. The van der Waals surface area contributed by atoms with E-state index in [9.17, 15) is 0 Å². The lowest BCUT2D eigenvalue weighted by Gasteiger charge is -2.32. The van der Waals surface area contributed by atoms with Crippen LogP contribution in [0.1, 0.15) is 46.0 Å². The molecular formula is C13H27NO2. The summed E-state index contributed by atoms with van der Waals surface area (Å²) in [5.74, 6) is 0.731. The van der Waals surface area contributed by atoms with Crippen molar-refractivity contribution in [1.29, 1.82) is 0 Å². The third-order valence-corrected chi connectivity index (χ3v) is 3.59. The van der Waals surface area contributed by atoms with Crippen molar-refractivity contribution in [2.24, 2.45) is 5.92 Å². The van der Waals surface area contributed by atoms with Gasteiger partial charge >= 0.3 is 0 Å². The van der Waals surface area contributed by atoms with Crippen molar-refractivity contribution in [2.75, 3.05) is 19.8 Å². The van der Waals surface area contributed by atoms with E-state index in [0.29, 0.717) is 12.7 Å². The summed E-state index contributed by atoms with van der Waals surface area (Å²) in [6, 6.07) is 0.101. The summed E-state index contributed by atoms with van der Waals surface area (Å²) in [5.41, 5.74) is 0. The van der Waals surface area contributed by atoms with E-state index in [4.69, 9.17) is 9.84 Å². The lowest BCUT2D eigenvalue weighted by atomic mass is 9.85. The van der Waals surface area contributed by atoms with E-state index in [0.717, 1.165) is 12.5 Å². The zero-order valence-corrected chi connectivity index (χ0v) is 10.7. The van der Waals surface area contributed by atoms with E-state index < -0.39 is 0 Å². The van der Waals surface area contributed by atoms with Crippen molar-refractivity contribution < 1.29 is 9.84 Å². The fraction of sp³-hybridized carbons (Fsp3) is 1.00. The van der Waals surface area contributed by atoms with E-state index in [1.54, 1.807) is 0 Å². The molecule has 1 aliphatic rings. The minimum Gasteiger partial charge on any atom is -0.395 e. The number of ether oxygens (including phenoxy) is 1. The Kier molecular flexibility index (Phi) is 7.01. The lowest BCUT2D eigenvalue weighted by Crippen LogP contribution is -2.39. The topological polar surface area (TPSA) is 41.5 Å². The second-order valence-corrected chi connectivity index (χ2v) is 4.76. The normalized spacial score (nSPS) is 27.9. The second-order valence-electron chi connectivity index (χ2n) is 4.76. The van der Waals surface area contributed by atoms with Gasteiger partial charge in [-0.2, -0.15) is 0 Å². The van der Waals surface area contributed by atoms with Gasteiger partial charge in [-0.05, 0) is 25.3 Å². The predicted octanol–water partition coefficient (Wildman–Crippen LogP) is 1.94. The largest absolute Gasteiger partial charge is 0.395 e. The number of likely N-dealkylation sites (N-methyl/N-ethyl adjacent to an activating group) is 1. The molecule has 1 saturated carbocycles. The van der Waals surface area contributed by atoms with Gasteiger partial charge in [-0.25, -0.2) is 0 Å². The van der Waals surface area contributed by atoms with Crippen LogP contribution in [-0.4, -0.2) is 37.0 Å². The quantitative estimate of drug-likeness (QED) is 0.701. The van der Waals surface area contributed by atoms with Gasteiger partial charge in [0.25, 0.3) is 0 Å². The molecular weight excluding hydrogens is 202 g/mol. The molecule has 0 aromatic heterocycles. The summed E-state index contributed by atoms with van der Waals surface area (Å²) >= 11 is 0. The summed E-state index contributed by atoms with van der Waals surface area (Å²) in [6.45, 7) is 6.00. The third-order valence-electron chi connectivity index (χ3n) is 3.59. The molecule has 0 aromatic rings. The highest BCUT2D eigenvalue weighted by Gasteiger charge is 2.24. The van der Waals surface area contributed by atoms with Gasteiger partial charge < -0.3 is 15.2 Å². The van der Waals surface area contributed by atoms with E-state index in [-0.39, 0.29) is 12.6 Å². The molecule has 0 amide bonds. The summed E-state index contributed by atoms with van der Waals surface area (Å²) < 4.78 is 5.97. The van der Waals surface area contributed by atoms with Gasteiger partial charge in [0.05, 0.1) is 25.4 Å². The van der Waals surface area contributed by atoms with Crippen LogP contribution < -0.4 is 5.32 Å².